The van der Waals surface area contributed by atoms with Gasteiger partial charge in [0.2, 0.25) is 0 Å². The lowest BCUT2D eigenvalue weighted by Gasteiger charge is -2.18. The number of thioether (sulfide) groups is 1. The van der Waals surface area contributed by atoms with Gasteiger partial charge in [-0.05, 0) is 25.5 Å². The van der Waals surface area contributed by atoms with Gasteiger partial charge in [0.1, 0.15) is 0 Å². The van der Waals surface area contributed by atoms with Gasteiger partial charge in [0.05, 0.1) is 0 Å². The normalized spacial score (nSPS) is 23.9. The molecule has 1 aliphatic carbocycles. The topological polar surface area (TPSA) is 12.0 Å². The number of hydrogen-bond donors (Lipinski definition) is 1. The highest BCUT2D eigenvalue weighted by atomic mass is 32.2. The maximum atomic E-state index is 3.55. The van der Waals surface area contributed by atoms with Crippen LogP contribution in [0.15, 0.2) is 12.2 Å². The van der Waals surface area contributed by atoms with Crippen LogP contribution in [0.3, 0.4) is 0 Å². The van der Waals surface area contributed by atoms with Crippen LogP contribution in [0.25, 0.3) is 0 Å². The molecule has 0 fully saturated rings. The van der Waals surface area contributed by atoms with E-state index in [0.29, 0.717) is 0 Å². The van der Waals surface area contributed by atoms with Gasteiger partial charge in [-0.1, -0.05) is 12.2 Å². The molecule has 1 rings (SSSR count). The first-order chi connectivity index (χ1) is 5.43. The van der Waals surface area contributed by atoms with E-state index in [1.165, 1.54) is 31.6 Å². The minimum Gasteiger partial charge on any atom is -0.313 e. The number of nitrogens with one attached hydrogen (secondary N) is 1. The lowest BCUT2D eigenvalue weighted by molar-refractivity contribution is 0.490. The second-order valence-electron chi connectivity index (χ2n) is 2.93. The molecule has 64 valence electrons. The second kappa shape index (κ2) is 5.67. The molecule has 0 amide bonds. The average Bonchev–Trinajstić information content (AvgIpc) is 2.07. The van der Waals surface area contributed by atoms with E-state index in [4.69, 9.17) is 0 Å². The molecule has 0 aromatic carbocycles. The minimum absolute atomic E-state index is 0.757. The van der Waals surface area contributed by atoms with Gasteiger partial charge >= 0.3 is 0 Å². The maximum absolute atomic E-state index is 3.55. The fourth-order valence-corrected chi connectivity index (χ4v) is 1.67. The van der Waals surface area contributed by atoms with Crippen LogP contribution in [0.2, 0.25) is 0 Å². The van der Waals surface area contributed by atoms with Gasteiger partial charge in [0.15, 0.2) is 0 Å². The Kier molecular flexibility index (Phi) is 4.71. The molecule has 0 aromatic heterocycles. The quantitative estimate of drug-likeness (QED) is 0.513. The van der Waals surface area contributed by atoms with E-state index in [2.05, 4.69) is 23.7 Å². The van der Waals surface area contributed by atoms with Crippen LogP contribution < -0.4 is 5.32 Å². The van der Waals surface area contributed by atoms with Crippen LogP contribution in [0, 0.1) is 0 Å². The smallest absolute Gasteiger partial charge is 0.0105 e. The highest BCUT2D eigenvalue weighted by Gasteiger charge is 2.07. The summed E-state index contributed by atoms with van der Waals surface area (Å²) in [6.45, 7) is 1.17. The molecular formula is C9H17NS. The van der Waals surface area contributed by atoms with Gasteiger partial charge in [-0.3, -0.25) is 0 Å². The Labute approximate surface area is 73.6 Å². The van der Waals surface area contributed by atoms with E-state index >= 15 is 0 Å². The highest BCUT2D eigenvalue weighted by Crippen LogP contribution is 2.09. The Morgan fingerprint density at radius 1 is 1.55 bits per heavy atom. The maximum Gasteiger partial charge on any atom is 0.0105 e. The van der Waals surface area contributed by atoms with Crippen LogP contribution in [0.4, 0.5) is 0 Å². The molecule has 1 aliphatic rings. The molecule has 1 nitrogen and oxygen atoms in total. The zero-order chi connectivity index (χ0) is 7.94. The molecule has 1 unspecified atom stereocenters. The number of rotatable bonds is 4. The first kappa shape index (κ1) is 9.14. The van der Waals surface area contributed by atoms with E-state index in [9.17, 15) is 0 Å². The standard InChI is InChI=1S/C9H17NS/c1-11-8-7-10-9-5-3-2-4-6-9/h2-3,9-10H,4-8H2,1H3. The van der Waals surface area contributed by atoms with Crippen molar-refractivity contribution in [1.82, 2.24) is 5.32 Å². The van der Waals surface area contributed by atoms with Crippen molar-refractivity contribution < 1.29 is 0 Å². The van der Waals surface area contributed by atoms with E-state index in [1.54, 1.807) is 0 Å². The first-order valence-electron chi connectivity index (χ1n) is 4.31. The summed E-state index contributed by atoms with van der Waals surface area (Å²) in [7, 11) is 0. The summed E-state index contributed by atoms with van der Waals surface area (Å²) in [6.07, 6.45) is 10.5. The van der Waals surface area contributed by atoms with E-state index in [0.717, 1.165) is 6.04 Å². The molecule has 11 heavy (non-hydrogen) atoms. The van der Waals surface area contributed by atoms with Gasteiger partial charge in [-0.2, -0.15) is 11.8 Å². The molecule has 1 atom stereocenters. The summed E-state index contributed by atoms with van der Waals surface area (Å²) < 4.78 is 0. The van der Waals surface area contributed by atoms with Crippen LogP contribution >= 0.6 is 11.8 Å². The molecule has 0 bridgehead atoms. The van der Waals surface area contributed by atoms with E-state index in [-0.39, 0.29) is 0 Å². The second-order valence-corrected chi connectivity index (χ2v) is 3.91. The summed E-state index contributed by atoms with van der Waals surface area (Å²) in [5, 5.41) is 3.55. The minimum atomic E-state index is 0.757. The van der Waals surface area contributed by atoms with Gasteiger partial charge in [0, 0.05) is 18.3 Å². The molecule has 0 spiro atoms. The monoisotopic (exact) mass is 171 g/mol. The summed E-state index contributed by atoms with van der Waals surface area (Å²) in [4.78, 5) is 0. The molecule has 1 N–H and O–H groups in total. The molecule has 0 heterocycles. The molecule has 0 saturated heterocycles. The van der Waals surface area contributed by atoms with E-state index in [1.807, 2.05) is 11.8 Å². The molecule has 2 heteroatoms. The Balaban J connectivity index is 2.02. The Morgan fingerprint density at radius 2 is 2.45 bits per heavy atom. The van der Waals surface area contributed by atoms with Gasteiger partial charge in [-0.15, -0.1) is 0 Å². The fraction of sp³-hybridized carbons (Fsp3) is 0.778. The lowest BCUT2D eigenvalue weighted by Crippen LogP contribution is -2.31. The van der Waals surface area contributed by atoms with Crippen molar-refractivity contribution in [3.63, 3.8) is 0 Å². The summed E-state index contributed by atoms with van der Waals surface area (Å²) in [5.41, 5.74) is 0. The zero-order valence-corrected chi connectivity index (χ0v) is 7.99. The molecule has 0 aromatic rings. The third-order valence-corrected chi connectivity index (χ3v) is 2.62. The van der Waals surface area contributed by atoms with Crippen LogP contribution in [0.5, 0.6) is 0 Å². The lowest BCUT2D eigenvalue weighted by atomic mass is 10.0. The van der Waals surface area contributed by atoms with Crippen molar-refractivity contribution in [3.05, 3.63) is 12.2 Å². The van der Waals surface area contributed by atoms with Gasteiger partial charge in [-0.25, -0.2) is 0 Å². The Bertz CT molecular complexity index is 123. The molecule has 0 saturated carbocycles. The molecule has 0 aliphatic heterocycles. The van der Waals surface area contributed by atoms with E-state index < -0.39 is 0 Å². The third-order valence-electron chi connectivity index (χ3n) is 2.01. The van der Waals surface area contributed by atoms with Crippen molar-refractivity contribution in [2.24, 2.45) is 0 Å². The van der Waals surface area contributed by atoms with Crippen LogP contribution in [-0.4, -0.2) is 24.6 Å². The number of hydrogen-bond acceptors (Lipinski definition) is 2. The molecule has 0 radical (unpaired) electrons. The highest BCUT2D eigenvalue weighted by molar-refractivity contribution is 7.98. The Morgan fingerprint density at radius 3 is 3.09 bits per heavy atom. The summed E-state index contributed by atoms with van der Waals surface area (Å²) >= 11 is 1.91. The third kappa shape index (κ3) is 3.82. The SMILES string of the molecule is CSCCNC1CC=CCC1. The van der Waals surface area contributed by atoms with Gasteiger partial charge in [0.25, 0.3) is 0 Å². The largest absolute Gasteiger partial charge is 0.313 e. The average molecular weight is 171 g/mol. The van der Waals surface area contributed by atoms with Crippen molar-refractivity contribution in [2.45, 2.75) is 25.3 Å². The van der Waals surface area contributed by atoms with Crippen molar-refractivity contribution in [1.29, 1.82) is 0 Å². The van der Waals surface area contributed by atoms with Gasteiger partial charge < -0.3 is 5.32 Å². The van der Waals surface area contributed by atoms with Crippen LogP contribution in [0.1, 0.15) is 19.3 Å². The fourth-order valence-electron chi connectivity index (χ4n) is 1.34. The van der Waals surface area contributed by atoms with Crippen molar-refractivity contribution in [3.8, 4) is 0 Å². The molecular weight excluding hydrogens is 154 g/mol. The predicted molar refractivity (Wildman–Crippen MR) is 53.2 cm³/mol. The van der Waals surface area contributed by atoms with Crippen LogP contribution in [-0.2, 0) is 0 Å². The number of allylic oxidation sites excluding steroid dienone is 1. The Hall–Kier alpha value is 0.0500. The predicted octanol–water partition coefficient (Wildman–Crippen LogP) is 2.05. The summed E-state index contributed by atoms with van der Waals surface area (Å²) in [6, 6.07) is 0.757. The van der Waals surface area contributed by atoms with Crippen molar-refractivity contribution >= 4 is 11.8 Å². The zero-order valence-electron chi connectivity index (χ0n) is 7.18. The first-order valence-corrected chi connectivity index (χ1v) is 5.70. The summed E-state index contributed by atoms with van der Waals surface area (Å²) in [5.74, 6) is 1.24. The van der Waals surface area contributed by atoms with Crippen molar-refractivity contribution in [2.75, 3.05) is 18.6 Å².